The third kappa shape index (κ3) is 25.4. The summed E-state index contributed by atoms with van der Waals surface area (Å²) in [5.41, 5.74) is 0. The van der Waals surface area contributed by atoms with E-state index in [1.54, 1.807) is 21.0 Å². The number of carbonyl (C=O) groups is 1. The molecular formula is C28H59NO7P+. The Morgan fingerprint density at radius 1 is 0.730 bits per heavy atom. The maximum atomic E-state index is 11.5. The summed E-state index contributed by atoms with van der Waals surface area (Å²) in [6, 6.07) is 0. The average Bonchev–Trinajstić information content (AvgIpc) is 2.85. The number of carbonyl (C=O) groups excluding carboxylic acids is 1. The summed E-state index contributed by atoms with van der Waals surface area (Å²) in [6.07, 6.45) is 18.2. The average molecular weight is 553 g/mol. The lowest BCUT2D eigenvalue weighted by atomic mass is 10.0. The van der Waals surface area contributed by atoms with Gasteiger partial charge in [-0.25, -0.2) is 9.13 Å². The van der Waals surface area contributed by atoms with Crippen molar-refractivity contribution in [3.63, 3.8) is 0 Å². The first-order chi connectivity index (χ1) is 17.5. The van der Waals surface area contributed by atoms with Gasteiger partial charge in [0.25, 0.3) is 0 Å². The highest BCUT2D eigenvalue weighted by Crippen LogP contribution is 2.23. The van der Waals surface area contributed by atoms with Gasteiger partial charge in [-0.05, 0) is 6.42 Å². The van der Waals surface area contributed by atoms with Crippen LogP contribution in [0.1, 0.15) is 129 Å². The fourth-order valence-corrected chi connectivity index (χ4v) is 4.64. The molecule has 0 amide bonds. The first kappa shape index (κ1) is 38.5. The fraction of sp³-hybridized carbons (Fsp3) is 0.964. The molecule has 2 unspecified atom stereocenters. The zero-order valence-electron chi connectivity index (χ0n) is 24.3. The van der Waals surface area contributed by atoms with Crippen molar-refractivity contribution >= 4 is 13.5 Å². The van der Waals surface area contributed by atoms with Gasteiger partial charge < -0.3 is 24.9 Å². The summed E-state index contributed by atoms with van der Waals surface area (Å²) in [6.45, 7) is 4.17. The number of hydrogen-bond acceptors (Lipinski definition) is 7. The van der Waals surface area contributed by atoms with E-state index >= 15 is 0 Å². The maximum absolute atomic E-state index is 11.5. The lowest BCUT2D eigenvalue weighted by Gasteiger charge is -2.32. The molecule has 0 saturated heterocycles. The van der Waals surface area contributed by atoms with Crippen LogP contribution in [0, 0.1) is 0 Å². The molecule has 4 N–H and O–H groups in total. The summed E-state index contributed by atoms with van der Waals surface area (Å²) in [5.74, 6) is -0.618. The van der Waals surface area contributed by atoms with Gasteiger partial charge in [-0.15, -0.1) is 0 Å². The van der Waals surface area contributed by atoms with Crippen LogP contribution in [0.2, 0.25) is 0 Å². The number of quaternary nitrogens is 1. The van der Waals surface area contributed by atoms with Gasteiger partial charge in [0.15, 0.2) is 17.9 Å². The van der Waals surface area contributed by atoms with Gasteiger partial charge in [0.2, 0.25) is 0 Å². The summed E-state index contributed by atoms with van der Waals surface area (Å²) in [7, 11) is 1.02. The molecular weight excluding hydrogens is 493 g/mol. The summed E-state index contributed by atoms with van der Waals surface area (Å²) in [5, 5.41) is 35.4. The number of Topliss-reactive ketones (excluding diaryl/α,β-unsaturated/α-hetero) is 1. The number of rotatable bonds is 24. The van der Waals surface area contributed by atoms with Gasteiger partial charge in [-0.2, -0.15) is 0 Å². The highest BCUT2D eigenvalue weighted by Gasteiger charge is 2.28. The van der Waals surface area contributed by atoms with E-state index in [1.165, 1.54) is 83.5 Å². The van der Waals surface area contributed by atoms with Crippen molar-refractivity contribution < 1.29 is 38.8 Å². The molecule has 0 rings (SSSR count). The summed E-state index contributed by atoms with van der Waals surface area (Å²) >= 11 is 0. The van der Waals surface area contributed by atoms with Crippen LogP contribution in [0.25, 0.3) is 0 Å². The van der Waals surface area contributed by atoms with Gasteiger partial charge in [0, 0.05) is 32.8 Å². The molecule has 222 valence electrons. The number of ketones is 1. The third-order valence-electron chi connectivity index (χ3n) is 7.08. The van der Waals surface area contributed by atoms with E-state index < -0.39 is 25.9 Å². The quantitative estimate of drug-likeness (QED) is 0.0512. The molecule has 0 saturated carbocycles. The molecule has 0 bridgehead atoms. The highest BCUT2D eigenvalue weighted by molar-refractivity contribution is 7.31. The van der Waals surface area contributed by atoms with Crippen LogP contribution < -0.4 is 0 Å². The van der Waals surface area contributed by atoms with Crippen LogP contribution >= 0.6 is 7.68 Å². The van der Waals surface area contributed by atoms with Crippen molar-refractivity contribution in [3.05, 3.63) is 0 Å². The Bertz CT molecular complexity index is 589. The Balaban J connectivity index is 0. The third-order valence-corrected chi connectivity index (χ3v) is 8.32. The standard InChI is InChI=1S/C21H42O3.C7H17NO4P/c1-2-3-4-5-6-7-8-9-10-11-12-13-14-15-16-17-20(23)21(24)18-19-22;1-6(13(11)12)8(2,3)5-4-7(9)10/h21-22,24H,2-19H2,1H3;6-7,9-10H,4-5H2,1-3H3/q;+1. The fourth-order valence-electron chi connectivity index (χ4n) is 4.01. The highest BCUT2D eigenvalue weighted by atomic mass is 31.1. The Labute approximate surface area is 227 Å². The Hall–Kier alpha value is -0.630. The molecule has 0 aliphatic rings. The minimum atomic E-state index is -2.47. The Morgan fingerprint density at radius 3 is 1.49 bits per heavy atom. The largest absolute Gasteiger partial charge is 0.396 e. The Morgan fingerprint density at radius 2 is 1.14 bits per heavy atom. The minimum absolute atomic E-state index is 0.112. The van der Waals surface area contributed by atoms with Crippen molar-refractivity contribution in [3.8, 4) is 0 Å². The zero-order chi connectivity index (χ0) is 28.5. The van der Waals surface area contributed by atoms with Crippen molar-refractivity contribution in [1.29, 1.82) is 0 Å². The van der Waals surface area contributed by atoms with Crippen molar-refractivity contribution in [2.45, 2.75) is 148 Å². The maximum Gasteiger partial charge on any atom is 0.374 e. The van der Waals surface area contributed by atoms with E-state index in [0.29, 0.717) is 13.0 Å². The van der Waals surface area contributed by atoms with E-state index in [4.69, 9.17) is 15.3 Å². The molecule has 0 heterocycles. The summed E-state index contributed by atoms with van der Waals surface area (Å²) in [4.78, 5) is 11.5. The second-order valence-corrected chi connectivity index (χ2v) is 12.2. The predicted octanol–water partition coefficient (Wildman–Crippen LogP) is 5.84. The van der Waals surface area contributed by atoms with Gasteiger partial charge in [0.05, 0.1) is 20.6 Å². The molecule has 0 radical (unpaired) electrons. The molecule has 0 aromatic carbocycles. The molecule has 9 heteroatoms. The van der Waals surface area contributed by atoms with Crippen LogP contribution in [-0.2, 0) is 13.9 Å². The van der Waals surface area contributed by atoms with E-state index in [2.05, 4.69) is 6.92 Å². The van der Waals surface area contributed by atoms with E-state index in [9.17, 15) is 19.0 Å². The second-order valence-electron chi connectivity index (χ2n) is 10.9. The molecule has 8 nitrogen and oxygen atoms in total. The molecule has 0 fully saturated rings. The van der Waals surface area contributed by atoms with Gasteiger partial charge in [-0.1, -0.05) is 96.8 Å². The van der Waals surface area contributed by atoms with Crippen LogP contribution in [0.4, 0.5) is 0 Å². The van der Waals surface area contributed by atoms with E-state index in [1.807, 2.05) is 0 Å². The molecule has 37 heavy (non-hydrogen) atoms. The zero-order valence-corrected chi connectivity index (χ0v) is 25.2. The van der Waals surface area contributed by atoms with Crippen LogP contribution in [0.15, 0.2) is 0 Å². The van der Waals surface area contributed by atoms with Crippen LogP contribution in [-0.4, -0.2) is 76.1 Å². The predicted molar refractivity (Wildman–Crippen MR) is 150 cm³/mol. The molecule has 0 aliphatic carbocycles. The molecule has 0 aliphatic heterocycles. The second kappa shape index (κ2) is 25.6. The molecule has 2 atom stereocenters. The number of unbranched alkanes of at least 4 members (excludes halogenated alkanes) is 14. The number of aliphatic hydroxyl groups excluding tert-OH is 3. The molecule has 0 aromatic rings. The number of hydrogen-bond donors (Lipinski definition) is 4. The van der Waals surface area contributed by atoms with Gasteiger partial charge in [0.1, 0.15) is 6.10 Å². The SMILES string of the molecule is CC(P(=O)=O)[N+](C)(C)CCC(O)O.CCCCCCCCCCCCCCCCCC(=O)C(O)CCO. The first-order valence-corrected chi connectivity index (χ1v) is 15.9. The smallest absolute Gasteiger partial charge is 0.374 e. The molecule has 0 aromatic heterocycles. The van der Waals surface area contributed by atoms with E-state index in [0.717, 1.165) is 12.8 Å². The monoisotopic (exact) mass is 552 g/mol. The van der Waals surface area contributed by atoms with Gasteiger partial charge >= 0.3 is 7.68 Å². The number of nitrogens with zero attached hydrogens (tertiary/aromatic N) is 1. The van der Waals surface area contributed by atoms with Crippen LogP contribution in [0.5, 0.6) is 0 Å². The first-order valence-electron chi connectivity index (χ1n) is 14.6. The van der Waals surface area contributed by atoms with Gasteiger partial charge in [-0.3, -0.25) is 4.79 Å². The van der Waals surface area contributed by atoms with Crippen molar-refractivity contribution in [1.82, 2.24) is 0 Å². The number of aliphatic hydroxyl groups is 4. The lowest BCUT2D eigenvalue weighted by Crippen LogP contribution is -2.46. The normalized spacial score (nSPS) is 13.2. The molecule has 0 spiro atoms. The lowest BCUT2D eigenvalue weighted by molar-refractivity contribution is -0.900. The minimum Gasteiger partial charge on any atom is -0.396 e. The topological polar surface area (TPSA) is 132 Å². The van der Waals surface area contributed by atoms with Crippen molar-refractivity contribution in [2.24, 2.45) is 0 Å². The van der Waals surface area contributed by atoms with E-state index in [-0.39, 0.29) is 29.7 Å². The van der Waals surface area contributed by atoms with Crippen molar-refractivity contribution in [2.75, 3.05) is 27.2 Å². The van der Waals surface area contributed by atoms with Crippen LogP contribution in [0.3, 0.4) is 0 Å². The summed E-state index contributed by atoms with van der Waals surface area (Å²) < 4.78 is 21.6. The Kier molecular flexibility index (Phi) is 26.7.